The van der Waals surface area contributed by atoms with E-state index in [-0.39, 0.29) is 31.9 Å². The second-order valence-electron chi connectivity index (χ2n) is 7.54. The Bertz CT molecular complexity index is 980. The van der Waals surface area contributed by atoms with E-state index in [1.54, 1.807) is 30.2 Å². The number of hydrogen-bond acceptors (Lipinski definition) is 7. The molecule has 9 heteroatoms. The molecule has 1 fully saturated rings. The molecule has 2 unspecified atom stereocenters. The van der Waals surface area contributed by atoms with Crippen LogP contribution in [0.1, 0.15) is 24.0 Å². The summed E-state index contributed by atoms with van der Waals surface area (Å²) in [7, 11) is 4.39. The van der Waals surface area contributed by atoms with Gasteiger partial charge >= 0.3 is 5.97 Å². The number of amides is 2. The number of β-lactam (4-membered cyclic amide) rings is 1. The van der Waals surface area contributed by atoms with Crippen LogP contribution in [0.2, 0.25) is 0 Å². The van der Waals surface area contributed by atoms with Gasteiger partial charge in [-0.15, -0.1) is 0 Å². The van der Waals surface area contributed by atoms with E-state index < -0.39 is 23.8 Å². The number of nitrogens with zero attached hydrogens (tertiary/aromatic N) is 1. The quantitative estimate of drug-likeness (QED) is 0.239. The average Bonchev–Trinajstić information content (AvgIpc) is 2.85. The Hall–Kier alpha value is -3.59. The number of benzene rings is 2. The van der Waals surface area contributed by atoms with Gasteiger partial charge in [0.2, 0.25) is 5.91 Å². The molecule has 3 rings (SSSR count). The lowest BCUT2D eigenvalue weighted by Crippen LogP contribution is -2.65. The molecular weight excluding hydrogens is 428 g/mol. The molecule has 33 heavy (non-hydrogen) atoms. The summed E-state index contributed by atoms with van der Waals surface area (Å²) in [5.41, 5.74) is 4.01. The molecule has 0 bridgehead atoms. The van der Waals surface area contributed by atoms with Crippen molar-refractivity contribution in [3.63, 3.8) is 0 Å². The molecule has 2 atom stereocenters. The third-order valence-corrected chi connectivity index (χ3v) is 5.58. The number of hydrogen-bond donors (Lipinski definition) is 1. The fourth-order valence-corrected chi connectivity index (χ4v) is 3.77. The van der Waals surface area contributed by atoms with E-state index in [2.05, 4.69) is 5.48 Å². The molecule has 0 aromatic heterocycles. The van der Waals surface area contributed by atoms with Crippen LogP contribution in [0.3, 0.4) is 0 Å². The van der Waals surface area contributed by atoms with Crippen molar-refractivity contribution in [3.8, 4) is 11.5 Å². The number of carbonyl (C=O) groups excluding carboxylic acids is 3. The van der Waals surface area contributed by atoms with Gasteiger partial charge in [-0.1, -0.05) is 30.3 Å². The molecule has 2 aromatic carbocycles. The Morgan fingerprint density at radius 1 is 1.03 bits per heavy atom. The highest BCUT2D eigenvalue weighted by Gasteiger charge is 2.51. The molecular formula is C24H28N2O7. The average molecular weight is 456 g/mol. The van der Waals surface area contributed by atoms with Gasteiger partial charge in [0, 0.05) is 24.6 Å². The maximum atomic E-state index is 12.9. The van der Waals surface area contributed by atoms with E-state index in [9.17, 15) is 14.4 Å². The summed E-state index contributed by atoms with van der Waals surface area (Å²) in [6.45, 7) is 0.402. The number of nitrogens with one attached hydrogen (secondary N) is 1. The smallest absolute Gasteiger partial charge is 0.305 e. The summed E-state index contributed by atoms with van der Waals surface area (Å²) >= 11 is 0. The molecule has 1 aliphatic rings. The van der Waals surface area contributed by atoms with Gasteiger partial charge in [-0.3, -0.25) is 19.2 Å². The van der Waals surface area contributed by atoms with Crippen LogP contribution in [0, 0.1) is 5.92 Å². The van der Waals surface area contributed by atoms with E-state index >= 15 is 0 Å². The number of hydroxylamine groups is 1. The highest BCUT2D eigenvalue weighted by atomic mass is 16.7. The summed E-state index contributed by atoms with van der Waals surface area (Å²) in [6, 6.07) is 14.2. The standard InChI is InChI=1S/C24H28N2O7/c1-30-18-10-9-17(20(13-18)31-2)14-26-19(11-12-21(27)32-3)22(24(26)29)23(28)25-33-15-16-7-5-4-6-8-16/h4-10,13,19,22H,11-12,14-15H2,1-3H3,(H,25,28). The van der Waals surface area contributed by atoms with Gasteiger partial charge in [0.05, 0.1) is 34.0 Å². The normalized spacial score (nSPS) is 17.2. The number of likely N-dealkylation sites (tertiary alicyclic amines) is 1. The molecule has 9 nitrogen and oxygen atoms in total. The third kappa shape index (κ3) is 5.81. The van der Waals surface area contributed by atoms with E-state index in [1.807, 2.05) is 30.3 Å². The molecule has 0 spiro atoms. The van der Waals surface area contributed by atoms with Crippen molar-refractivity contribution in [2.75, 3.05) is 21.3 Å². The zero-order chi connectivity index (χ0) is 23.8. The van der Waals surface area contributed by atoms with Crippen LogP contribution in [0.15, 0.2) is 48.5 Å². The summed E-state index contributed by atoms with van der Waals surface area (Å²) in [4.78, 5) is 44.2. The van der Waals surface area contributed by atoms with Crippen molar-refractivity contribution in [1.82, 2.24) is 10.4 Å². The SMILES string of the molecule is COC(=O)CCC1C(C(=O)NOCc2ccccc2)C(=O)N1Cc1ccc(OC)cc1OC. The number of ether oxygens (including phenoxy) is 3. The number of carbonyl (C=O) groups is 3. The van der Waals surface area contributed by atoms with Crippen LogP contribution >= 0.6 is 0 Å². The molecule has 2 amide bonds. The van der Waals surface area contributed by atoms with Crippen LogP contribution in [0.4, 0.5) is 0 Å². The van der Waals surface area contributed by atoms with Crippen LogP contribution < -0.4 is 15.0 Å². The maximum absolute atomic E-state index is 12.9. The van der Waals surface area contributed by atoms with Crippen LogP contribution in [0.25, 0.3) is 0 Å². The lowest BCUT2D eigenvalue weighted by Gasteiger charge is -2.46. The van der Waals surface area contributed by atoms with Crippen molar-refractivity contribution in [3.05, 3.63) is 59.7 Å². The van der Waals surface area contributed by atoms with Gasteiger partial charge in [-0.05, 0) is 24.1 Å². The topological polar surface area (TPSA) is 103 Å². The minimum Gasteiger partial charge on any atom is -0.497 e. The fourth-order valence-electron chi connectivity index (χ4n) is 3.77. The lowest BCUT2D eigenvalue weighted by molar-refractivity contribution is -0.170. The predicted molar refractivity (Wildman–Crippen MR) is 118 cm³/mol. The second kappa shape index (κ2) is 11.3. The van der Waals surface area contributed by atoms with Gasteiger partial charge in [0.1, 0.15) is 17.4 Å². The van der Waals surface area contributed by atoms with Crippen LogP contribution in [-0.4, -0.2) is 50.1 Å². The summed E-state index contributed by atoms with van der Waals surface area (Å²) in [5, 5.41) is 0. The Kier molecular flexibility index (Phi) is 8.26. The summed E-state index contributed by atoms with van der Waals surface area (Å²) < 4.78 is 15.4. The van der Waals surface area contributed by atoms with Gasteiger partial charge in [0.15, 0.2) is 0 Å². The Labute approximate surface area is 192 Å². The summed E-state index contributed by atoms with van der Waals surface area (Å²) in [6.07, 6.45) is 0.368. The molecule has 0 saturated carbocycles. The van der Waals surface area contributed by atoms with Gasteiger partial charge in [-0.2, -0.15) is 0 Å². The van der Waals surface area contributed by atoms with E-state index in [0.29, 0.717) is 11.5 Å². The maximum Gasteiger partial charge on any atom is 0.305 e. The Morgan fingerprint density at radius 2 is 1.79 bits per heavy atom. The molecule has 1 heterocycles. The van der Waals surface area contributed by atoms with Gasteiger partial charge in [-0.25, -0.2) is 5.48 Å². The van der Waals surface area contributed by atoms with Crippen molar-refractivity contribution < 1.29 is 33.4 Å². The van der Waals surface area contributed by atoms with E-state index in [1.165, 1.54) is 14.2 Å². The van der Waals surface area contributed by atoms with Gasteiger partial charge in [0.25, 0.3) is 5.91 Å². The molecule has 0 aliphatic carbocycles. The molecule has 2 aromatic rings. The van der Waals surface area contributed by atoms with Crippen LogP contribution in [0.5, 0.6) is 11.5 Å². The minimum absolute atomic E-state index is 0.0827. The second-order valence-corrected chi connectivity index (χ2v) is 7.54. The Morgan fingerprint density at radius 3 is 2.45 bits per heavy atom. The molecule has 176 valence electrons. The van der Waals surface area contributed by atoms with Crippen LogP contribution in [-0.2, 0) is 37.1 Å². The first kappa shape index (κ1) is 24.1. The highest BCUT2D eigenvalue weighted by Crippen LogP contribution is 2.35. The monoisotopic (exact) mass is 456 g/mol. The zero-order valence-corrected chi connectivity index (χ0v) is 18.9. The van der Waals surface area contributed by atoms with Crippen molar-refractivity contribution in [2.24, 2.45) is 5.92 Å². The number of rotatable bonds is 11. The molecule has 1 N–H and O–H groups in total. The van der Waals surface area contributed by atoms with Crippen molar-refractivity contribution in [1.29, 1.82) is 0 Å². The van der Waals surface area contributed by atoms with E-state index in [0.717, 1.165) is 11.1 Å². The fraction of sp³-hybridized carbons (Fsp3) is 0.375. The third-order valence-electron chi connectivity index (χ3n) is 5.58. The number of esters is 1. The predicted octanol–water partition coefficient (Wildman–Crippen LogP) is 2.23. The number of methoxy groups -OCH3 is 3. The first-order valence-electron chi connectivity index (χ1n) is 10.5. The minimum atomic E-state index is -0.949. The largest absolute Gasteiger partial charge is 0.497 e. The van der Waals surface area contributed by atoms with E-state index in [4.69, 9.17) is 19.0 Å². The Balaban J connectivity index is 1.68. The first-order chi connectivity index (χ1) is 16.0. The van der Waals surface area contributed by atoms with Gasteiger partial charge < -0.3 is 19.1 Å². The van der Waals surface area contributed by atoms with Crippen molar-refractivity contribution >= 4 is 17.8 Å². The molecule has 1 saturated heterocycles. The highest BCUT2D eigenvalue weighted by molar-refractivity contribution is 6.05. The first-order valence-corrected chi connectivity index (χ1v) is 10.5. The lowest BCUT2D eigenvalue weighted by atomic mass is 9.83. The zero-order valence-electron chi connectivity index (χ0n) is 18.9. The molecule has 1 aliphatic heterocycles. The van der Waals surface area contributed by atoms with Crippen molar-refractivity contribution in [2.45, 2.75) is 32.0 Å². The summed E-state index contributed by atoms with van der Waals surface area (Å²) in [5.74, 6) is -1.05. The molecule has 0 radical (unpaired) electrons.